The van der Waals surface area contributed by atoms with Crippen molar-refractivity contribution >= 4 is 17.3 Å². The van der Waals surface area contributed by atoms with Crippen LogP contribution in [0.2, 0.25) is 0 Å². The van der Waals surface area contributed by atoms with Crippen LogP contribution in [-0.4, -0.2) is 11.2 Å². The van der Waals surface area contributed by atoms with E-state index in [4.69, 9.17) is 17.0 Å². The molecular weight excluding hydrogens is 192 g/mol. The average molecular weight is 208 g/mol. The van der Waals surface area contributed by atoms with Crippen LogP contribution in [0, 0.1) is 17.3 Å². The predicted octanol–water partition coefficient (Wildman–Crippen LogP) is 3.10. The van der Waals surface area contributed by atoms with Crippen LogP contribution in [-0.2, 0) is 4.74 Å². The van der Waals surface area contributed by atoms with Crippen LogP contribution in [0.15, 0.2) is 12.7 Å². The average Bonchev–Trinajstić information content (AvgIpc) is 2.30. The molecule has 0 radical (unpaired) electrons. The monoisotopic (exact) mass is 208 g/mol. The molecule has 0 aromatic heterocycles. The van der Waals surface area contributed by atoms with E-state index in [1.165, 1.54) is 25.7 Å². The zero-order chi connectivity index (χ0) is 9.76. The molecule has 0 aromatic rings. The number of hydrogen-bond donors (Lipinski definition) is 0. The lowest BCUT2D eigenvalue weighted by molar-refractivity contribution is 0.0452. The number of rotatable bonds is 1. The van der Waals surface area contributed by atoms with E-state index in [9.17, 15) is 0 Å². The standard InChI is InChI=1S/C12H16OS/c1-2-12-5-8-3-9(6-12)11(14)13-10(4-8)7-12/h2,8-10H,1,3-7H2. The Hall–Kier alpha value is -0.370. The van der Waals surface area contributed by atoms with Gasteiger partial charge in [-0.25, -0.2) is 0 Å². The molecule has 2 saturated carbocycles. The van der Waals surface area contributed by atoms with Crippen LogP contribution >= 0.6 is 12.2 Å². The molecule has 14 heavy (non-hydrogen) atoms. The van der Waals surface area contributed by atoms with Gasteiger partial charge in [0.05, 0.1) is 0 Å². The Morgan fingerprint density at radius 1 is 1.36 bits per heavy atom. The lowest BCUT2D eigenvalue weighted by atomic mass is 9.59. The van der Waals surface area contributed by atoms with Gasteiger partial charge in [0.15, 0.2) is 5.05 Å². The van der Waals surface area contributed by atoms with E-state index in [1.54, 1.807) is 0 Å². The van der Waals surface area contributed by atoms with Crippen LogP contribution < -0.4 is 0 Å². The molecule has 4 unspecified atom stereocenters. The summed E-state index contributed by atoms with van der Waals surface area (Å²) in [6.07, 6.45) is 8.75. The Kier molecular flexibility index (Phi) is 1.79. The molecule has 4 aliphatic rings. The molecular formula is C12H16OS. The topological polar surface area (TPSA) is 9.23 Å². The molecule has 4 bridgehead atoms. The summed E-state index contributed by atoms with van der Waals surface area (Å²) in [5.74, 6) is 1.38. The summed E-state index contributed by atoms with van der Waals surface area (Å²) >= 11 is 5.34. The van der Waals surface area contributed by atoms with Crippen molar-refractivity contribution in [3.05, 3.63) is 12.7 Å². The normalized spacial score (nSPS) is 50.0. The molecule has 2 aliphatic carbocycles. The molecule has 0 N–H and O–H groups in total. The lowest BCUT2D eigenvalue weighted by Gasteiger charge is -2.44. The van der Waals surface area contributed by atoms with Gasteiger partial charge in [-0.2, -0.15) is 0 Å². The maximum absolute atomic E-state index is 5.85. The third kappa shape index (κ3) is 1.16. The van der Waals surface area contributed by atoms with Gasteiger partial charge in [-0.3, -0.25) is 0 Å². The summed E-state index contributed by atoms with van der Waals surface area (Å²) in [4.78, 5) is 0. The summed E-state index contributed by atoms with van der Waals surface area (Å²) in [6.45, 7) is 4.02. The molecule has 0 aromatic carbocycles. The van der Waals surface area contributed by atoms with E-state index < -0.39 is 0 Å². The molecule has 2 aliphatic heterocycles. The van der Waals surface area contributed by atoms with Crippen molar-refractivity contribution in [3.63, 3.8) is 0 Å². The van der Waals surface area contributed by atoms with Gasteiger partial charge in [0, 0.05) is 5.92 Å². The number of allylic oxidation sites excluding steroid dienone is 1. The van der Waals surface area contributed by atoms with E-state index in [-0.39, 0.29) is 0 Å². The Balaban J connectivity index is 2.01. The number of ether oxygens (including phenoxy) is 1. The zero-order valence-corrected chi connectivity index (χ0v) is 9.19. The van der Waals surface area contributed by atoms with Crippen molar-refractivity contribution < 1.29 is 4.74 Å². The summed E-state index contributed by atoms with van der Waals surface area (Å²) in [5, 5.41) is 0.890. The number of hydrogen-bond acceptors (Lipinski definition) is 2. The van der Waals surface area contributed by atoms with Crippen molar-refractivity contribution in [2.24, 2.45) is 17.3 Å². The Labute approximate surface area is 90.5 Å². The highest BCUT2D eigenvalue weighted by molar-refractivity contribution is 7.80. The number of thiocarbonyl (C=S) groups is 1. The first kappa shape index (κ1) is 8.90. The second-order valence-electron chi connectivity index (χ2n) is 5.27. The molecule has 4 atom stereocenters. The van der Waals surface area contributed by atoms with Gasteiger partial charge in [0.2, 0.25) is 0 Å². The minimum Gasteiger partial charge on any atom is -0.484 e. The van der Waals surface area contributed by atoms with Gasteiger partial charge >= 0.3 is 0 Å². The number of fused-ring (bicyclic) bond motifs is 1. The van der Waals surface area contributed by atoms with Crippen molar-refractivity contribution in [1.82, 2.24) is 0 Å². The third-order valence-corrected chi connectivity index (χ3v) is 4.68. The summed E-state index contributed by atoms with van der Waals surface area (Å²) in [5.41, 5.74) is 0.358. The maximum atomic E-state index is 5.85. The van der Waals surface area contributed by atoms with Gasteiger partial charge in [0.25, 0.3) is 0 Å². The lowest BCUT2D eigenvalue weighted by Crippen LogP contribution is -2.38. The van der Waals surface area contributed by atoms with E-state index in [1.807, 2.05) is 0 Å². The van der Waals surface area contributed by atoms with Crippen LogP contribution in [0.1, 0.15) is 32.1 Å². The van der Waals surface area contributed by atoms with Crippen LogP contribution in [0.3, 0.4) is 0 Å². The van der Waals surface area contributed by atoms with Crippen LogP contribution in [0.5, 0.6) is 0 Å². The van der Waals surface area contributed by atoms with Crippen molar-refractivity contribution in [1.29, 1.82) is 0 Å². The molecule has 2 heteroatoms. The first-order chi connectivity index (χ1) is 6.71. The van der Waals surface area contributed by atoms with Gasteiger partial charge in [-0.15, -0.1) is 6.58 Å². The van der Waals surface area contributed by atoms with Crippen molar-refractivity contribution in [2.45, 2.75) is 38.2 Å². The predicted molar refractivity (Wildman–Crippen MR) is 60.2 cm³/mol. The first-order valence-electron chi connectivity index (χ1n) is 5.55. The van der Waals surface area contributed by atoms with Gasteiger partial charge < -0.3 is 4.74 Å². The van der Waals surface area contributed by atoms with Gasteiger partial charge in [0.1, 0.15) is 6.10 Å². The highest BCUT2D eigenvalue weighted by atomic mass is 32.1. The summed E-state index contributed by atoms with van der Waals surface area (Å²) in [6, 6.07) is 0. The maximum Gasteiger partial charge on any atom is 0.163 e. The Morgan fingerprint density at radius 2 is 2.21 bits per heavy atom. The molecule has 0 spiro atoms. The molecule has 1 nitrogen and oxygen atoms in total. The fourth-order valence-electron chi connectivity index (χ4n) is 3.75. The van der Waals surface area contributed by atoms with Crippen molar-refractivity contribution in [3.8, 4) is 0 Å². The molecule has 0 amide bonds. The Bertz CT molecular complexity index is 299. The SMILES string of the molecule is C=CC12CC3CC(C1)OC(=S)C(C3)C2. The molecule has 4 fully saturated rings. The van der Waals surface area contributed by atoms with E-state index in [0.717, 1.165) is 17.4 Å². The van der Waals surface area contributed by atoms with Crippen LogP contribution in [0.25, 0.3) is 0 Å². The fraction of sp³-hybridized carbons (Fsp3) is 0.750. The van der Waals surface area contributed by atoms with E-state index >= 15 is 0 Å². The fourth-order valence-corrected chi connectivity index (χ4v) is 4.07. The van der Waals surface area contributed by atoms with Crippen molar-refractivity contribution in [2.75, 3.05) is 0 Å². The van der Waals surface area contributed by atoms with Crippen LogP contribution in [0.4, 0.5) is 0 Å². The zero-order valence-electron chi connectivity index (χ0n) is 8.37. The molecule has 2 saturated heterocycles. The van der Waals surface area contributed by atoms with E-state index in [0.29, 0.717) is 17.4 Å². The first-order valence-corrected chi connectivity index (χ1v) is 5.96. The largest absolute Gasteiger partial charge is 0.484 e. The molecule has 76 valence electrons. The smallest absolute Gasteiger partial charge is 0.163 e. The summed E-state index contributed by atoms with van der Waals surface area (Å²) in [7, 11) is 0. The Morgan fingerprint density at radius 3 is 3.00 bits per heavy atom. The van der Waals surface area contributed by atoms with Gasteiger partial charge in [-0.05, 0) is 55.7 Å². The second kappa shape index (κ2) is 2.82. The quantitative estimate of drug-likeness (QED) is 0.484. The highest BCUT2D eigenvalue weighted by Gasteiger charge is 2.49. The second-order valence-corrected chi connectivity index (χ2v) is 5.67. The van der Waals surface area contributed by atoms with Gasteiger partial charge in [-0.1, -0.05) is 6.08 Å². The summed E-state index contributed by atoms with van der Waals surface area (Å²) < 4.78 is 5.85. The van der Waals surface area contributed by atoms with E-state index in [2.05, 4.69) is 12.7 Å². The highest BCUT2D eigenvalue weighted by Crippen LogP contribution is 2.55. The molecule has 4 rings (SSSR count). The molecule has 2 heterocycles. The third-order valence-electron chi connectivity index (χ3n) is 4.25. The minimum atomic E-state index is 0.358. The minimum absolute atomic E-state index is 0.358.